The molecule has 1 aromatic rings. The van der Waals surface area contributed by atoms with E-state index < -0.39 is 0 Å². The molecule has 0 spiro atoms. The highest BCUT2D eigenvalue weighted by Gasteiger charge is 2.19. The Hall–Kier alpha value is -1.39. The highest BCUT2D eigenvalue weighted by atomic mass is 16.2. The molecule has 0 radical (unpaired) electrons. The van der Waals surface area contributed by atoms with E-state index in [1.54, 1.807) is 0 Å². The lowest BCUT2D eigenvalue weighted by Gasteiger charge is -2.21. The number of amides is 1. The number of carbonyl (C=O) groups is 1. The van der Waals surface area contributed by atoms with Crippen LogP contribution in [0.15, 0.2) is 18.2 Å². The first-order chi connectivity index (χ1) is 8.65. The number of carbonyl (C=O) groups excluding carboxylic acids is 1. The Morgan fingerprint density at radius 3 is 2.72 bits per heavy atom. The summed E-state index contributed by atoms with van der Waals surface area (Å²) in [4.78, 5) is 13.4. The van der Waals surface area contributed by atoms with Crippen molar-refractivity contribution in [2.45, 2.75) is 13.8 Å². The molecule has 0 bridgehead atoms. The van der Waals surface area contributed by atoms with E-state index in [4.69, 9.17) is 0 Å². The normalized spacial score (nSPS) is 16.6. The van der Waals surface area contributed by atoms with Gasteiger partial charge >= 0.3 is 0 Å². The third-order valence-corrected chi connectivity index (χ3v) is 3.47. The molecule has 1 aliphatic rings. The lowest BCUT2D eigenvalue weighted by Crippen LogP contribution is -3.21. The Morgan fingerprint density at radius 1 is 1.33 bits per heavy atom. The van der Waals surface area contributed by atoms with Gasteiger partial charge in [0.15, 0.2) is 6.54 Å². The molecule has 0 atom stereocenters. The Labute approximate surface area is 108 Å². The maximum atomic E-state index is 12.0. The molecule has 1 aromatic carbocycles. The number of benzene rings is 1. The number of rotatable bonds is 3. The largest absolute Gasteiger partial charge is 0.337 e. The summed E-state index contributed by atoms with van der Waals surface area (Å²) < 4.78 is 0. The number of hydrogen-bond acceptors (Lipinski definition) is 1. The van der Waals surface area contributed by atoms with E-state index >= 15 is 0 Å². The molecular weight excluding hydrogens is 226 g/mol. The predicted octanol–water partition coefficient (Wildman–Crippen LogP) is -1.30. The average Bonchev–Trinajstić information content (AvgIpc) is 2.34. The second kappa shape index (κ2) is 5.98. The first kappa shape index (κ1) is 13.1. The number of nitrogens with one attached hydrogen (secondary N) is 2. The van der Waals surface area contributed by atoms with E-state index in [9.17, 15) is 4.79 Å². The number of hydrogen-bond donors (Lipinski definition) is 3. The lowest BCUT2D eigenvalue weighted by atomic mass is 10.1. The van der Waals surface area contributed by atoms with Crippen LogP contribution >= 0.6 is 0 Å². The van der Waals surface area contributed by atoms with Gasteiger partial charge < -0.3 is 15.5 Å². The van der Waals surface area contributed by atoms with Crippen molar-refractivity contribution in [1.82, 2.24) is 0 Å². The Balaban J connectivity index is 1.90. The number of aryl methyl sites for hydroxylation is 2. The van der Waals surface area contributed by atoms with Crippen LogP contribution in [0.3, 0.4) is 0 Å². The summed E-state index contributed by atoms with van der Waals surface area (Å²) in [5, 5.41) is 5.33. The highest BCUT2D eigenvalue weighted by Crippen LogP contribution is 2.15. The molecule has 1 saturated heterocycles. The van der Waals surface area contributed by atoms with Crippen molar-refractivity contribution in [3.05, 3.63) is 29.3 Å². The molecule has 1 fully saturated rings. The number of anilines is 1. The molecule has 1 heterocycles. The maximum absolute atomic E-state index is 12.0. The maximum Gasteiger partial charge on any atom is 0.279 e. The fourth-order valence-electron chi connectivity index (χ4n) is 2.43. The van der Waals surface area contributed by atoms with Crippen molar-refractivity contribution >= 4 is 11.6 Å². The SMILES string of the molecule is Cc1ccc(NC(=O)C[NH+]2CC[NH2+]CC2)c(C)c1. The van der Waals surface area contributed by atoms with Crippen molar-refractivity contribution in [2.24, 2.45) is 0 Å². The molecule has 1 aliphatic heterocycles. The molecule has 0 aliphatic carbocycles. The first-order valence-electron chi connectivity index (χ1n) is 6.67. The molecule has 4 N–H and O–H groups in total. The van der Waals surface area contributed by atoms with Gasteiger partial charge in [-0.25, -0.2) is 0 Å². The van der Waals surface area contributed by atoms with Crippen LogP contribution in [0.1, 0.15) is 11.1 Å². The summed E-state index contributed by atoms with van der Waals surface area (Å²) in [5.74, 6) is 0.124. The second-order valence-corrected chi connectivity index (χ2v) is 5.16. The smallest absolute Gasteiger partial charge is 0.279 e. The van der Waals surface area contributed by atoms with Crippen molar-refractivity contribution < 1.29 is 15.0 Å². The lowest BCUT2D eigenvalue weighted by molar-refractivity contribution is -0.940. The standard InChI is InChI=1S/C14H21N3O/c1-11-3-4-13(12(2)9-11)16-14(18)10-17-7-5-15-6-8-17/h3-4,9,15H,5-8,10H2,1-2H3,(H,16,18)/p+2. The van der Waals surface area contributed by atoms with Gasteiger partial charge in [-0.2, -0.15) is 0 Å². The van der Waals surface area contributed by atoms with E-state index in [0.29, 0.717) is 6.54 Å². The van der Waals surface area contributed by atoms with E-state index in [1.165, 1.54) is 10.5 Å². The zero-order chi connectivity index (χ0) is 13.0. The molecule has 0 saturated carbocycles. The van der Waals surface area contributed by atoms with E-state index in [2.05, 4.69) is 23.6 Å². The minimum Gasteiger partial charge on any atom is -0.337 e. The molecule has 0 aromatic heterocycles. The summed E-state index contributed by atoms with van der Waals surface area (Å²) in [6, 6.07) is 6.12. The van der Waals surface area contributed by atoms with Crippen LogP contribution in [0.4, 0.5) is 5.69 Å². The summed E-state index contributed by atoms with van der Waals surface area (Å²) in [6.07, 6.45) is 0. The molecule has 4 nitrogen and oxygen atoms in total. The van der Waals surface area contributed by atoms with E-state index in [-0.39, 0.29) is 5.91 Å². The quantitative estimate of drug-likeness (QED) is 0.613. The minimum absolute atomic E-state index is 0.124. The van der Waals surface area contributed by atoms with Crippen LogP contribution in [-0.4, -0.2) is 38.6 Å². The molecular formula is C14H23N3O+2. The minimum atomic E-state index is 0.124. The van der Waals surface area contributed by atoms with Gasteiger partial charge in [0, 0.05) is 5.69 Å². The van der Waals surface area contributed by atoms with Gasteiger partial charge in [-0.1, -0.05) is 17.7 Å². The van der Waals surface area contributed by atoms with Crippen molar-refractivity contribution in [3.63, 3.8) is 0 Å². The van der Waals surface area contributed by atoms with Crippen LogP contribution in [0.2, 0.25) is 0 Å². The zero-order valence-electron chi connectivity index (χ0n) is 11.3. The second-order valence-electron chi connectivity index (χ2n) is 5.16. The highest BCUT2D eigenvalue weighted by molar-refractivity contribution is 5.92. The first-order valence-corrected chi connectivity index (χ1v) is 6.67. The Morgan fingerprint density at radius 2 is 2.06 bits per heavy atom. The van der Waals surface area contributed by atoms with Crippen molar-refractivity contribution in [1.29, 1.82) is 0 Å². The average molecular weight is 249 g/mol. The van der Waals surface area contributed by atoms with Crippen LogP contribution in [0.25, 0.3) is 0 Å². The third kappa shape index (κ3) is 3.55. The summed E-state index contributed by atoms with van der Waals surface area (Å²) in [6.45, 7) is 9.11. The van der Waals surface area contributed by atoms with Crippen LogP contribution in [0, 0.1) is 13.8 Å². The molecule has 1 amide bonds. The Kier molecular flexibility index (Phi) is 4.33. The zero-order valence-corrected chi connectivity index (χ0v) is 11.3. The van der Waals surface area contributed by atoms with E-state index in [0.717, 1.165) is 37.4 Å². The number of piperazine rings is 1. The van der Waals surface area contributed by atoms with Crippen molar-refractivity contribution in [3.8, 4) is 0 Å². The van der Waals surface area contributed by atoms with Crippen molar-refractivity contribution in [2.75, 3.05) is 38.0 Å². The summed E-state index contributed by atoms with van der Waals surface area (Å²) >= 11 is 0. The molecule has 2 rings (SSSR count). The van der Waals surface area contributed by atoms with Gasteiger partial charge in [0.1, 0.15) is 26.2 Å². The van der Waals surface area contributed by atoms with E-state index in [1.807, 2.05) is 19.1 Å². The van der Waals surface area contributed by atoms with Gasteiger partial charge in [0.25, 0.3) is 5.91 Å². The summed E-state index contributed by atoms with van der Waals surface area (Å²) in [7, 11) is 0. The van der Waals surface area contributed by atoms with Gasteiger partial charge in [-0.05, 0) is 25.5 Å². The Bertz CT molecular complexity index is 425. The van der Waals surface area contributed by atoms with Crippen LogP contribution in [0.5, 0.6) is 0 Å². The fraction of sp³-hybridized carbons (Fsp3) is 0.500. The monoisotopic (exact) mass is 249 g/mol. The fourth-order valence-corrected chi connectivity index (χ4v) is 2.43. The van der Waals surface area contributed by atoms with Gasteiger partial charge in [0.2, 0.25) is 0 Å². The number of quaternary nitrogens is 2. The van der Waals surface area contributed by atoms with Gasteiger partial charge in [-0.3, -0.25) is 4.79 Å². The topological polar surface area (TPSA) is 50.1 Å². The van der Waals surface area contributed by atoms with Gasteiger partial charge in [-0.15, -0.1) is 0 Å². The third-order valence-electron chi connectivity index (χ3n) is 3.47. The molecule has 4 heteroatoms. The predicted molar refractivity (Wildman–Crippen MR) is 71.8 cm³/mol. The molecule has 98 valence electrons. The molecule has 18 heavy (non-hydrogen) atoms. The van der Waals surface area contributed by atoms with Gasteiger partial charge in [0.05, 0.1) is 0 Å². The summed E-state index contributed by atoms with van der Waals surface area (Å²) in [5.41, 5.74) is 3.29. The van der Waals surface area contributed by atoms with Crippen LogP contribution in [-0.2, 0) is 4.79 Å². The number of nitrogens with two attached hydrogens (primary N) is 1. The molecule has 0 unspecified atom stereocenters. The van der Waals surface area contributed by atoms with Crippen LogP contribution < -0.4 is 15.5 Å².